The van der Waals surface area contributed by atoms with Crippen LogP contribution in [0.1, 0.15) is 43.4 Å². The minimum Gasteiger partial charge on any atom is -0.373 e. The van der Waals surface area contributed by atoms with Gasteiger partial charge in [-0.3, -0.25) is 0 Å². The maximum Gasteiger partial charge on any atom is 0.133 e. The van der Waals surface area contributed by atoms with E-state index in [1.807, 2.05) is 0 Å². The number of hydrogen-bond donors (Lipinski definition) is 2. The molecule has 2 fully saturated rings. The Bertz CT molecular complexity index is 513. The van der Waals surface area contributed by atoms with Gasteiger partial charge in [-0.25, -0.2) is 9.97 Å². The minimum absolute atomic E-state index is 0.170. The highest BCUT2D eigenvalue weighted by Gasteiger charge is 2.42. The fourth-order valence-electron chi connectivity index (χ4n) is 4.09. The third-order valence-corrected chi connectivity index (χ3v) is 5.19. The molecule has 0 unspecified atom stereocenters. The average Bonchev–Trinajstić information content (AvgIpc) is 3.03. The number of ether oxygens (including phenoxy) is 1. The quantitative estimate of drug-likeness (QED) is 0.867. The lowest BCUT2D eigenvalue weighted by Crippen LogP contribution is -2.26. The summed E-state index contributed by atoms with van der Waals surface area (Å²) in [7, 11) is 0. The summed E-state index contributed by atoms with van der Waals surface area (Å²) in [6, 6.07) is 0.401. The molecule has 3 aliphatic rings. The Balaban J connectivity index is 1.50. The lowest BCUT2D eigenvalue weighted by atomic mass is 9.96. The SMILES string of the molecule is c1nc2c(c(N[C@H]3COC4(CCCC4)C3)n1)CCNCC2. The van der Waals surface area contributed by atoms with Crippen molar-refractivity contribution in [3.05, 3.63) is 17.6 Å². The number of rotatable bonds is 2. The van der Waals surface area contributed by atoms with Crippen LogP contribution in [0, 0.1) is 0 Å². The molecule has 1 atom stereocenters. The van der Waals surface area contributed by atoms with Gasteiger partial charge in [-0.15, -0.1) is 0 Å². The molecule has 4 rings (SSSR count). The van der Waals surface area contributed by atoms with Gasteiger partial charge in [0.05, 0.1) is 23.9 Å². The largest absolute Gasteiger partial charge is 0.373 e. The van der Waals surface area contributed by atoms with Crippen molar-refractivity contribution >= 4 is 5.82 Å². The van der Waals surface area contributed by atoms with E-state index in [0.29, 0.717) is 6.04 Å². The Hall–Kier alpha value is -1.20. The van der Waals surface area contributed by atoms with Gasteiger partial charge in [0.2, 0.25) is 0 Å². The number of anilines is 1. The zero-order valence-corrected chi connectivity index (χ0v) is 12.5. The van der Waals surface area contributed by atoms with Crippen LogP contribution < -0.4 is 10.6 Å². The highest BCUT2D eigenvalue weighted by atomic mass is 16.5. The third-order valence-electron chi connectivity index (χ3n) is 5.19. The first kappa shape index (κ1) is 13.5. The van der Waals surface area contributed by atoms with Gasteiger partial charge in [0, 0.05) is 18.5 Å². The fraction of sp³-hybridized carbons (Fsp3) is 0.750. The van der Waals surface area contributed by atoms with Crippen molar-refractivity contribution in [2.75, 3.05) is 25.0 Å². The van der Waals surface area contributed by atoms with Gasteiger partial charge < -0.3 is 15.4 Å². The second-order valence-electron chi connectivity index (χ2n) is 6.64. The Morgan fingerprint density at radius 1 is 1.19 bits per heavy atom. The average molecular weight is 288 g/mol. The van der Waals surface area contributed by atoms with Gasteiger partial charge in [0.1, 0.15) is 12.1 Å². The van der Waals surface area contributed by atoms with E-state index < -0.39 is 0 Å². The molecular weight excluding hydrogens is 264 g/mol. The van der Waals surface area contributed by atoms with E-state index in [1.54, 1.807) is 6.33 Å². The van der Waals surface area contributed by atoms with Gasteiger partial charge in [-0.1, -0.05) is 12.8 Å². The number of aromatic nitrogens is 2. The molecule has 0 radical (unpaired) electrons. The molecule has 2 aliphatic heterocycles. The molecule has 0 bridgehead atoms. The van der Waals surface area contributed by atoms with E-state index in [2.05, 4.69) is 20.6 Å². The molecule has 0 amide bonds. The normalized spacial score (nSPS) is 27.5. The third kappa shape index (κ3) is 2.64. The summed E-state index contributed by atoms with van der Waals surface area (Å²) in [4.78, 5) is 8.97. The van der Waals surface area contributed by atoms with Crippen LogP contribution >= 0.6 is 0 Å². The van der Waals surface area contributed by atoms with E-state index in [-0.39, 0.29) is 5.60 Å². The molecule has 1 aliphatic carbocycles. The van der Waals surface area contributed by atoms with Crippen LogP contribution in [0.2, 0.25) is 0 Å². The van der Waals surface area contributed by atoms with Crippen LogP contribution in [0.5, 0.6) is 0 Å². The number of fused-ring (bicyclic) bond motifs is 1. The highest BCUT2D eigenvalue weighted by Crippen LogP contribution is 2.41. The molecule has 1 saturated heterocycles. The monoisotopic (exact) mass is 288 g/mol. The van der Waals surface area contributed by atoms with Crippen molar-refractivity contribution in [3.63, 3.8) is 0 Å². The maximum absolute atomic E-state index is 6.14. The molecule has 1 aromatic rings. The van der Waals surface area contributed by atoms with Crippen molar-refractivity contribution < 1.29 is 4.74 Å². The molecule has 5 nitrogen and oxygen atoms in total. The molecule has 1 saturated carbocycles. The van der Waals surface area contributed by atoms with Crippen LogP contribution in [-0.4, -0.2) is 41.3 Å². The Morgan fingerprint density at radius 3 is 2.95 bits per heavy atom. The second-order valence-corrected chi connectivity index (χ2v) is 6.64. The molecule has 21 heavy (non-hydrogen) atoms. The predicted octanol–water partition coefficient (Wildman–Crippen LogP) is 1.68. The van der Waals surface area contributed by atoms with Gasteiger partial charge in [-0.2, -0.15) is 0 Å². The Kier molecular flexibility index (Phi) is 3.55. The van der Waals surface area contributed by atoms with Crippen LogP contribution in [-0.2, 0) is 17.6 Å². The van der Waals surface area contributed by atoms with Gasteiger partial charge in [-0.05, 0) is 32.2 Å². The first-order valence-electron chi connectivity index (χ1n) is 8.29. The van der Waals surface area contributed by atoms with Crippen molar-refractivity contribution in [1.29, 1.82) is 0 Å². The molecular formula is C16H24N4O. The summed E-state index contributed by atoms with van der Waals surface area (Å²) < 4.78 is 6.14. The number of nitrogens with zero attached hydrogens (tertiary/aromatic N) is 2. The predicted molar refractivity (Wildman–Crippen MR) is 81.5 cm³/mol. The summed E-state index contributed by atoms with van der Waals surface area (Å²) in [6.45, 7) is 2.84. The van der Waals surface area contributed by atoms with E-state index in [0.717, 1.165) is 44.8 Å². The molecule has 114 valence electrons. The summed E-state index contributed by atoms with van der Waals surface area (Å²) in [5.74, 6) is 1.03. The number of hydrogen-bond acceptors (Lipinski definition) is 5. The Labute approximate surface area is 125 Å². The minimum atomic E-state index is 0.170. The van der Waals surface area contributed by atoms with Crippen LogP contribution in [0.3, 0.4) is 0 Å². The standard InChI is InChI=1S/C16H24N4O/c1-2-6-16(5-1)9-12(10-21-16)20-15-13-3-7-17-8-4-14(13)18-11-19-15/h11-12,17H,1-10H2,(H,18,19,20)/t12-/m1/s1. The molecule has 2 N–H and O–H groups in total. The summed E-state index contributed by atoms with van der Waals surface area (Å²) in [5, 5.41) is 7.08. The number of nitrogens with one attached hydrogen (secondary N) is 2. The zero-order chi connectivity index (χ0) is 14.1. The van der Waals surface area contributed by atoms with Crippen LogP contribution in [0.15, 0.2) is 6.33 Å². The molecule has 5 heteroatoms. The van der Waals surface area contributed by atoms with E-state index >= 15 is 0 Å². The molecule has 3 heterocycles. The highest BCUT2D eigenvalue weighted by molar-refractivity contribution is 5.47. The molecule has 1 spiro atoms. The van der Waals surface area contributed by atoms with Crippen molar-refractivity contribution in [2.45, 2.75) is 56.6 Å². The van der Waals surface area contributed by atoms with Crippen molar-refractivity contribution in [2.24, 2.45) is 0 Å². The fourth-order valence-corrected chi connectivity index (χ4v) is 4.09. The lowest BCUT2D eigenvalue weighted by molar-refractivity contribution is 0.0103. The van der Waals surface area contributed by atoms with Gasteiger partial charge in [0.15, 0.2) is 0 Å². The van der Waals surface area contributed by atoms with E-state index in [9.17, 15) is 0 Å². The molecule has 1 aromatic heterocycles. The summed E-state index contributed by atoms with van der Waals surface area (Å²) in [5.41, 5.74) is 2.67. The first-order chi connectivity index (χ1) is 10.3. The zero-order valence-electron chi connectivity index (χ0n) is 12.5. The Morgan fingerprint density at radius 2 is 2.05 bits per heavy atom. The van der Waals surface area contributed by atoms with Crippen LogP contribution in [0.25, 0.3) is 0 Å². The summed E-state index contributed by atoms with van der Waals surface area (Å²) in [6.07, 6.45) is 9.95. The van der Waals surface area contributed by atoms with Gasteiger partial charge >= 0.3 is 0 Å². The molecule has 0 aromatic carbocycles. The van der Waals surface area contributed by atoms with E-state index in [1.165, 1.54) is 36.9 Å². The van der Waals surface area contributed by atoms with Gasteiger partial charge in [0.25, 0.3) is 0 Å². The lowest BCUT2D eigenvalue weighted by Gasteiger charge is -2.22. The summed E-state index contributed by atoms with van der Waals surface area (Å²) >= 11 is 0. The maximum atomic E-state index is 6.14. The van der Waals surface area contributed by atoms with Crippen LogP contribution in [0.4, 0.5) is 5.82 Å². The van der Waals surface area contributed by atoms with E-state index in [4.69, 9.17) is 4.74 Å². The smallest absolute Gasteiger partial charge is 0.133 e. The topological polar surface area (TPSA) is 59.1 Å². The van der Waals surface area contributed by atoms with Crippen molar-refractivity contribution in [3.8, 4) is 0 Å². The van der Waals surface area contributed by atoms with Crippen molar-refractivity contribution in [1.82, 2.24) is 15.3 Å². The second kappa shape index (κ2) is 5.54. The first-order valence-corrected chi connectivity index (χ1v) is 8.29.